The number of carboxylic acid groups (broad SMARTS) is 1. The van der Waals surface area contributed by atoms with Crippen molar-refractivity contribution in [3.63, 3.8) is 0 Å². The molecule has 5 heteroatoms. The predicted octanol–water partition coefficient (Wildman–Crippen LogP) is 4.02. The van der Waals surface area contributed by atoms with E-state index < -0.39 is 5.97 Å². The highest BCUT2D eigenvalue weighted by molar-refractivity contribution is 9.09. The normalized spacial score (nSPS) is 10.3. The van der Waals surface area contributed by atoms with Gasteiger partial charge in [-0.15, -0.1) is 0 Å². The lowest BCUT2D eigenvalue weighted by molar-refractivity contribution is 0.0696. The average Bonchev–Trinajstić information content (AvgIpc) is 2.19. The van der Waals surface area contributed by atoms with Crippen LogP contribution in [0.2, 0.25) is 10.0 Å². The van der Waals surface area contributed by atoms with Crippen LogP contribution < -0.4 is 0 Å². The van der Waals surface area contributed by atoms with E-state index in [1.54, 1.807) is 12.1 Å². The summed E-state index contributed by atoms with van der Waals surface area (Å²) < 4.78 is 0. The van der Waals surface area contributed by atoms with Crippen molar-refractivity contribution in [3.05, 3.63) is 33.3 Å². The molecular weight excluding hydrogens is 303 g/mol. The van der Waals surface area contributed by atoms with Gasteiger partial charge in [0.15, 0.2) is 0 Å². The van der Waals surface area contributed by atoms with Crippen molar-refractivity contribution in [3.8, 4) is 0 Å². The molecule has 1 rings (SSSR count). The van der Waals surface area contributed by atoms with E-state index in [1.807, 2.05) is 0 Å². The Hall–Kier alpha value is -0.250. The van der Waals surface area contributed by atoms with Crippen LogP contribution in [-0.2, 0) is 6.42 Å². The Morgan fingerprint density at radius 3 is 2.60 bits per heavy atom. The molecule has 15 heavy (non-hydrogen) atoms. The molecule has 0 aromatic heterocycles. The van der Waals surface area contributed by atoms with Crippen molar-refractivity contribution in [2.24, 2.45) is 0 Å². The van der Waals surface area contributed by atoms with E-state index in [0.29, 0.717) is 6.42 Å². The van der Waals surface area contributed by atoms with Crippen molar-refractivity contribution in [1.82, 2.24) is 0 Å². The smallest absolute Gasteiger partial charge is 0.337 e. The fourth-order valence-electron chi connectivity index (χ4n) is 1.29. The quantitative estimate of drug-likeness (QED) is 0.853. The lowest BCUT2D eigenvalue weighted by Crippen LogP contribution is -2.04. The van der Waals surface area contributed by atoms with Gasteiger partial charge < -0.3 is 5.11 Å². The number of aromatic carboxylic acids is 1. The molecule has 0 saturated carbocycles. The molecule has 0 unspecified atom stereocenters. The predicted molar refractivity (Wildman–Crippen MR) is 65.5 cm³/mol. The molecule has 0 radical (unpaired) electrons. The van der Waals surface area contributed by atoms with Gasteiger partial charge in [0.05, 0.1) is 15.6 Å². The molecule has 1 N–H and O–H groups in total. The first kappa shape index (κ1) is 12.8. The highest BCUT2D eigenvalue weighted by atomic mass is 79.9. The summed E-state index contributed by atoms with van der Waals surface area (Å²) in [6.45, 7) is 0. The summed E-state index contributed by atoms with van der Waals surface area (Å²) in [6, 6.07) is 3.33. The third-order valence-corrected chi connectivity index (χ3v) is 3.34. The van der Waals surface area contributed by atoms with Crippen molar-refractivity contribution >= 4 is 45.1 Å². The number of hydrogen-bond donors (Lipinski definition) is 1. The maximum absolute atomic E-state index is 11.0. The summed E-state index contributed by atoms with van der Waals surface area (Å²) in [4.78, 5) is 11.0. The Labute approximate surface area is 106 Å². The first-order valence-electron chi connectivity index (χ1n) is 4.34. The monoisotopic (exact) mass is 310 g/mol. The molecule has 0 amide bonds. The Kier molecular flexibility index (Phi) is 4.90. The highest BCUT2D eigenvalue weighted by Gasteiger charge is 2.16. The molecule has 82 valence electrons. The van der Waals surface area contributed by atoms with E-state index in [4.69, 9.17) is 28.3 Å². The number of aryl methyl sites for hydroxylation is 1. The fourth-order valence-corrected chi connectivity index (χ4v) is 1.99. The molecule has 0 aliphatic rings. The van der Waals surface area contributed by atoms with Gasteiger partial charge in [0, 0.05) is 5.33 Å². The SMILES string of the molecule is O=C(O)c1c(CCCBr)ccc(Cl)c1Cl. The zero-order valence-corrected chi connectivity index (χ0v) is 10.9. The summed E-state index contributed by atoms with van der Waals surface area (Å²) in [5, 5.41) is 10.2. The van der Waals surface area contributed by atoms with Crippen LogP contribution in [0.4, 0.5) is 0 Å². The Morgan fingerprint density at radius 1 is 1.40 bits per heavy atom. The van der Waals surface area contributed by atoms with E-state index >= 15 is 0 Å². The minimum atomic E-state index is -1.04. The zero-order valence-electron chi connectivity index (χ0n) is 7.77. The number of hydrogen-bond acceptors (Lipinski definition) is 1. The second-order valence-electron chi connectivity index (χ2n) is 2.99. The fraction of sp³-hybridized carbons (Fsp3) is 0.300. The topological polar surface area (TPSA) is 37.3 Å². The molecule has 0 atom stereocenters. The molecule has 1 aromatic rings. The van der Waals surface area contributed by atoms with E-state index in [1.165, 1.54) is 0 Å². The van der Waals surface area contributed by atoms with Crippen LogP contribution in [0.5, 0.6) is 0 Å². The van der Waals surface area contributed by atoms with Crippen LogP contribution >= 0.6 is 39.1 Å². The second kappa shape index (κ2) is 5.73. The number of halogens is 3. The standard InChI is InChI=1S/C10H9BrCl2O2/c11-5-1-2-6-3-4-7(12)9(13)8(6)10(14)15/h3-4H,1-2,5H2,(H,14,15). The summed E-state index contributed by atoms with van der Waals surface area (Å²) in [5.41, 5.74) is 0.835. The summed E-state index contributed by atoms with van der Waals surface area (Å²) in [7, 11) is 0. The van der Waals surface area contributed by atoms with E-state index in [2.05, 4.69) is 15.9 Å². The van der Waals surface area contributed by atoms with Gasteiger partial charge in [0.2, 0.25) is 0 Å². The number of carboxylic acids is 1. The van der Waals surface area contributed by atoms with Crippen molar-refractivity contribution in [2.75, 3.05) is 5.33 Å². The Balaban J connectivity index is 3.15. The molecule has 2 nitrogen and oxygen atoms in total. The summed E-state index contributed by atoms with van der Waals surface area (Å²) in [6.07, 6.45) is 1.53. The molecule has 0 saturated heterocycles. The van der Waals surface area contributed by atoms with Crippen LogP contribution in [0, 0.1) is 0 Å². The van der Waals surface area contributed by atoms with Crippen LogP contribution in [0.25, 0.3) is 0 Å². The first-order valence-corrected chi connectivity index (χ1v) is 6.21. The van der Waals surface area contributed by atoms with Crippen molar-refractivity contribution in [2.45, 2.75) is 12.8 Å². The van der Waals surface area contributed by atoms with Gasteiger partial charge in [-0.3, -0.25) is 0 Å². The third kappa shape index (κ3) is 3.10. The van der Waals surface area contributed by atoms with Gasteiger partial charge in [-0.05, 0) is 24.5 Å². The van der Waals surface area contributed by atoms with Gasteiger partial charge in [-0.1, -0.05) is 45.2 Å². The second-order valence-corrected chi connectivity index (χ2v) is 4.57. The average molecular weight is 312 g/mol. The number of benzene rings is 1. The van der Waals surface area contributed by atoms with Crippen LogP contribution in [0.3, 0.4) is 0 Å². The Morgan fingerprint density at radius 2 is 2.07 bits per heavy atom. The Bertz CT molecular complexity index is 380. The van der Waals surface area contributed by atoms with Crippen LogP contribution in [-0.4, -0.2) is 16.4 Å². The van der Waals surface area contributed by atoms with Gasteiger partial charge in [-0.2, -0.15) is 0 Å². The molecule has 0 aliphatic heterocycles. The number of alkyl halides is 1. The minimum absolute atomic E-state index is 0.116. The summed E-state index contributed by atoms with van der Waals surface area (Å²) in [5.74, 6) is -1.04. The van der Waals surface area contributed by atoms with Crippen LogP contribution in [0.1, 0.15) is 22.3 Å². The maximum Gasteiger partial charge on any atom is 0.337 e. The van der Waals surface area contributed by atoms with E-state index in [9.17, 15) is 4.79 Å². The third-order valence-electron chi connectivity index (χ3n) is 1.97. The summed E-state index contributed by atoms with van der Waals surface area (Å²) >= 11 is 14.9. The van der Waals surface area contributed by atoms with Crippen molar-refractivity contribution < 1.29 is 9.90 Å². The molecule has 1 aromatic carbocycles. The number of carbonyl (C=O) groups is 1. The maximum atomic E-state index is 11.0. The minimum Gasteiger partial charge on any atom is -0.478 e. The largest absolute Gasteiger partial charge is 0.478 e. The lowest BCUT2D eigenvalue weighted by atomic mass is 10.0. The first-order chi connectivity index (χ1) is 7.07. The molecule has 0 aliphatic carbocycles. The van der Waals surface area contributed by atoms with Gasteiger partial charge >= 0.3 is 5.97 Å². The molecule has 0 bridgehead atoms. The lowest BCUT2D eigenvalue weighted by Gasteiger charge is -2.08. The highest BCUT2D eigenvalue weighted by Crippen LogP contribution is 2.29. The van der Waals surface area contributed by atoms with Gasteiger partial charge in [-0.25, -0.2) is 4.79 Å². The molecule has 0 fully saturated rings. The molecule has 0 spiro atoms. The zero-order chi connectivity index (χ0) is 11.4. The molecular formula is C10H9BrCl2O2. The molecule has 0 heterocycles. The van der Waals surface area contributed by atoms with Crippen LogP contribution in [0.15, 0.2) is 12.1 Å². The van der Waals surface area contributed by atoms with Gasteiger partial charge in [0.1, 0.15) is 0 Å². The van der Waals surface area contributed by atoms with Crippen molar-refractivity contribution in [1.29, 1.82) is 0 Å². The van der Waals surface area contributed by atoms with E-state index in [0.717, 1.165) is 17.3 Å². The number of rotatable bonds is 4. The van der Waals surface area contributed by atoms with E-state index in [-0.39, 0.29) is 15.6 Å². The van der Waals surface area contributed by atoms with Gasteiger partial charge in [0.25, 0.3) is 0 Å².